The molecule has 90 valence electrons. The van der Waals surface area contributed by atoms with Crippen molar-refractivity contribution in [3.8, 4) is 17.2 Å². The highest BCUT2D eigenvalue weighted by Gasteiger charge is 2.10. The van der Waals surface area contributed by atoms with Crippen LogP contribution in [-0.2, 0) is 0 Å². The Hall–Kier alpha value is -1.75. The Kier molecular flexibility index (Phi) is 3.19. The quantitative estimate of drug-likeness (QED) is 0.851. The standard InChI is InChI=1S/C12H14N2O2S/c1-8-7-13-12(17)14(8)10-6-9(15-2)4-5-11(10)16-3/h4-7H,1-3H3,(H,13,17). The zero-order valence-electron chi connectivity index (χ0n) is 9.98. The molecule has 0 aliphatic carbocycles. The summed E-state index contributed by atoms with van der Waals surface area (Å²) in [5.74, 6) is 1.52. The number of aromatic amines is 1. The maximum absolute atomic E-state index is 5.34. The van der Waals surface area contributed by atoms with E-state index >= 15 is 0 Å². The number of aryl methyl sites for hydroxylation is 1. The Morgan fingerprint density at radius 3 is 2.53 bits per heavy atom. The average Bonchev–Trinajstić information content (AvgIpc) is 2.68. The van der Waals surface area contributed by atoms with Crippen LogP contribution in [0.5, 0.6) is 11.5 Å². The molecule has 0 bridgehead atoms. The SMILES string of the molecule is COc1ccc(OC)c(-n2c(C)c[nH]c2=S)c1. The molecule has 0 spiro atoms. The molecule has 0 saturated heterocycles. The van der Waals surface area contributed by atoms with E-state index in [2.05, 4.69) is 4.98 Å². The van der Waals surface area contributed by atoms with E-state index in [0.717, 1.165) is 22.9 Å². The van der Waals surface area contributed by atoms with Crippen LogP contribution in [0.25, 0.3) is 5.69 Å². The van der Waals surface area contributed by atoms with E-state index in [1.807, 2.05) is 35.9 Å². The molecule has 0 radical (unpaired) electrons. The zero-order chi connectivity index (χ0) is 12.4. The Morgan fingerprint density at radius 2 is 2.00 bits per heavy atom. The van der Waals surface area contributed by atoms with E-state index in [-0.39, 0.29) is 0 Å². The third-order valence-corrected chi connectivity index (χ3v) is 2.89. The number of hydrogen-bond donors (Lipinski definition) is 1. The van der Waals surface area contributed by atoms with Crippen molar-refractivity contribution in [2.24, 2.45) is 0 Å². The molecule has 1 N–H and O–H groups in total. The van der Waals surface area contributed by atoms with Crippen LogP contribution in [0, 0.1) is 11.7 Å². The van der Waals surface area contributed by atoms with Gasteiger partial charge in [0.05, 0.1) is 19.9 Å². The maximum Gasteiger partial charge on any atom is 0.182 e. The molecule has 1 heterocycles. The fourth-order valence-corrected chi connectivity index (χ4v) is 2.03. The smallest absolute Gasteiger partial charge is 0.182 e. The highest BCUT2D eigenvalue weighted by molar-refractivity contribution is 7.71. The minimum atomic E-state index is 0.633. The van der Waals surface area contributed by atoms with Gasteiger partial charge in [-0.3, -0.25) is 4.57 Å². The van der Waals surface area contributed by atoms with Gasteiger partial charge in [0.15, 0.2) is 4.77 Å². The summed E-state index contributed by atoms with van der Waals surface area (Å²) in [7, 11) is 3.27. The molecule has 0 aliphatic heterocycles. The normalized spacial score (nSPS) is 10.3. The van der Waals surface area contributed by atoms with Crippen molar-refractivity contribution < 1.29 is 9.47 Å². The minimum Gasteiger partial charge on any atom is -0.497 e. The lowest BCUT2D eigenvalue weighted by molar-refractivity contribution is 0.401. The molecular formula is C12H14N2O2S. The Bertz CT molecular complexity index is 586. The second-order valence-corrected chi connectivity index (χ2v) is 4.00. The molecule has 0 fully saturated rings. The van der Waals surface area contributed by atoms with E-state index < -0.39 is 0 Å². The van der Waals surface area contributed by atoms with E-state index in [9.17, 15) is 0 Å². The van der Waals surface area contributed by atoms with Gasteiger partial charge in [-0.05, 0) is 31.3 Å². The molecule has 1 aromatic carbocycles. The summed E-state index contributed by atoms with van der Waals surface area (Å²) in [6.07, 6.45) is 1.86. The van der Waals surface area contributed by atoms with Crippen LogP contribution in [0.2, 0.25) is 0 Å². The van der Waals surface area contributed by atoms with Crippen LogP contribution in [-0.4, -0.2) is 23.8 Å². The minimum absolute atomic E-state index is 0.633. The summed E-state index contributed by atoms with van der Waals surface area (Å²) in [5, 5.41) is 0. The van der Waals surface area contributed by atoms with Crippen molar-refractivity contribution >= 4 is 12.2 Å². The molecule has 4 nitrogen and oxygen atoms in total. The number of benzene rings is 1. The molecule has 1 aromatic heterocycles. The van der Waals surface area contributed by atoms with Crippen LogP contribution >= 0.6 is 12.2 Å². The van der Waals surface area contributed by atoms with Gasteiger partial charge in [0.25, 0.3) is 0 Å². The summed E-state index contributed by atoms with van der Waals surface area (Å²) < 4.78 is 13.1. The average molecular weight is 250 g/mol. The van der Waals surface area contributed by atoms with Crippen molar-refractivity contribution in [1.82, 2.24) is 9.55 Å². The molecule has 0 unspecified atom stereocenters. The van der Waals surface area contributed by atoms with E-state index in [0.29, 0.717) is 4.77 Å². The van der Waals surface area contributed by atoms with Crippen LogP contribution in [0.15, 0.2) is 24.4 Å². The Labute approximate surface area is 105 Å². The van der Waals surface area contributed by atoms with Gasteiger partial charge in [-0.25, -0.2) is 0 Å². The van der Waals surface area contributed by atoms with Gasteiger partial charge in [0, 0.05) is 18.0 Å². The number of nitrogens with one attached hydrogen (secondary N) is 1. The number of methoxy groups -OCH3 is 2. The molecule has 5 heteroatoms. The molecular weight excluding hydrogens is 236 g/mol. The zero-order valence-corrected chi connectivity index (χ0v) is 10.8. The third-order valence-electron chi connectivity index (χ3n) is 2.59. The topological polar surface area (TPSA) is 39.2 Å². The van der Waals surface area contributed by atoms with Crippen molar-refractivity contribution in [1.29, 1.82) is 0 Å². The number of ether oxygens (including phenoxy) is 2. The monoisotopic (exact) mass is 250 g/mol. The first-order valence-electron chi connectivity index (χ1n) is 5.17. The van der Waals surface area contributed by atoms with Crippen LogP contribution in [0.4, 0.5) is 0 Å². The van der Waals surface area contributed by atoms with Gasteiger partial charge in [0.2, 0.25) is 0 Å². The predicted octanol–water partition coefficient (Wildman–Crippen LogP) is 2.86. The second-order valence-electron chi connectivity index (χ2n) is 3.61. The lowest BCUT2D eigenvalue weighted by atomic mass is 10.2. The highest BCUT2D eigenvalue weighted by Crippen LogP contribution is 2.28. The van der Waals surface area contributed by atoms with Crippen LogP contribution in [0.3, 0.4) is 0 Å². The van der Waals surface area contributed by atoms with Crippen molar-refractivity contribution in [2.45, 2.75) is 6.92 Å². The summed E-state index contributed by atoms with van der Waals surface area (Å²) in [6.45, 7) is 1.98. The molecule has 2 aromatic rings. The number of aromatic nitrogens is 2. The third kappa shape index (κ3) is 2.06. The predicted molar refractivity (Wildman–Crippen MR) is 68.8 cm³/mol. The fourth-order valence-electron chi connectivity index (χ4n) is 1.73. The van der Waals surface area contributed by atoms with Gasteiger partial charge < -0.3 is 14.5 Å². The fraction of sp³-hybridized carbons (Fsp3) is 0.250. The summed E-state index contributed by atoms with van der Waals surface area (Å²) in [6, 6.07) is 5.62. The molecule has 0 amide bonds. The summed E-state index contributed by atoms with van der Waals surface area (Å²) in [4.78, 5) is 3.01. The van der Waals surface area contributed by atoms with Gasteiger partial charge in [-0.15, -0.1) is 0 Å². The number of rotatable bonds is 3. The van der Waals surface area contributed by atoms with Gasteiger partial charge in [0.1, 0.15) is 11.5 Å². The molecule has 0 aliphatic rings. The van der Waals surface area contributed by atoms with Crippen molar-refractivity contribution in [2.75, 3.05) is 14.2 Å². The first kappa shape index (κ1) is 11.7. The number of nitrogens with zero attached hydrogens (tertiary/aromatic N) is 1. The highest BCUT2D eigenvalue weighted by atomic mass is 32.1. The number of H-pyrrole nitrogens is 1. The van der Waals surface area contributed by atoms with Gasteiger partial charge in [-0.2, -0.15) is 0 Å². The largest absolute Gasteiger partial charge is 0.497 e. The summed E-state index contributed by atoms with van der Waals surface area (Å²) >= 11 is 5.25. The Morgan fingerprint density at radius 1 is 1.24 bits per heavy atom. The lowest BCUT2D eigenvalue weighted by Gasteiger charge is -2.12. The van der Waals surface area contributed by atoms with E-state index in [1.165, 1.54) is 0 Å². The van der Waals surface area contributed by atoms with Crippen molar-refractivity contribution in [3.63, 3.8) is 0 Å². The van der Waals surface area contributed by atoms with Crippen LogP contribution < -0.4 is 9.47 Å². The maximum atomic E-state index is 5.34. The van der Waals surface area contributed by atoms with E-state index in [4.69, 9.17) is 21.7 Å². The molecule has 0 atom stereocenters. The molecule has 2 rings (SSSR count). The first-order valence-corrected chi connectivity index (χ1v) is 5.57. The number of hydrogen-bond acceptors (Lipinski definition) is 3. The number of imidazole rings is 1. The summed E-state index contributed by atoms with van der Waals surface area (Å²) in [5.41, 5.74) is 1.89. The second kappa shape index (κ2) is 4.63. The Balaban J connectivity index is 2.68. The van der Waals surface area contributed by atoms with E-state index in [1.54, 1.807) is 14.2 Å². The molecule has 0 saturated carbocycles. The lowest BCUT2D eigenvalue weighted by Crippen LogP contribution is -2.00. The van der Waals surface area contributed by atoms with Crippen LogP contribution in [0.1, 0.15) is 5.69 Å². The van der Waals surface area contributed by atoms with Crippen molar-refractivity contribution in [3.05, 3.63) is 34.9 Å². The van der Waals surface area contributed by atoms with Gasteiger partial charge >= 0.3 is 0 Å². The van der Waals surface area contributed by atoms with Gasteiger partial charge in [-0.1, -0.05) is 0 Å². The molecule has 17 heavy (non-hydrogen) atoms. The first-order chi connectivity index (χ1) is 8.17.